The summed E-state index contributed by atoms with van der Waals surface area (Å²) < 4.78 is 1.66. The molecule has 0 spiro atoms. The van der Waals surface area contributed by atoms with Gasteiger partial charge in [0.05, 0.1) is 5.69 Å². The molecule has 144 valence electrons. The quantitative estimate of drug-likeness (QED) is 0.619. The van der Waals surface area contributed by atoms with Gasteiger partial charge < -0.3 is 10.6 Å². The summed E-state index contributed by atoms with van der Waals surface area (Å²) in [4.78, 5) is 28.5. The largest absolute Gasteiger partial charge is 0.354 e. The van der Waals surface area contributed by atoms with E-state index in [1.54, 1.807) is 4.68 Å². The van der Waals surface area contributed by atoms with Gasteiger partial charge in [-0.25, -0.2) is 9.67 Å². The van der Waals surface area contributed by atoms with Gasteiger partial charge in [0.1, 0.15) is 0 Å². The van der Waals surface area contributed by atoms with E-state index in [2.05, 4.69) is 20.7 Å². The van der Waals surface area contributed by atoms with E-state index in [-0.39, 0.29) is 23.6 Å². The first-order chi connectivity index (χ1) is 13.6. The maximum atomic E-state index is 12.5. The third kappa shape index (κ3) is 4.62. The van der Waals surface area contributed by atoms with E-state index in [0.29, 0.717) is 18.9 Å². The average Bonchev–Trinajstić information content (AvgIpc) is 3.17. The summed E-state index contributed by atoms with van der Waals surface area (Å²) in [6.07, 6.45) is 0. The first-order valence-corrected chi connectivity index (χ1v) is 9.20. The summed E-state index contributed by atoms with van der Waals surface area (Å²) in [7, 11) is 0. The van der Waals surface area contributed by atoms with Crippen LogP contribution in [0.1, 0.15) is 24.5 Å². The molecule has 7 heteroatoms. The molecule has 0 fully saturated rings. The van der Waals surface area contributed by atoms with Crippen LogP contribution in [0.4, 0.5) is 0 Å². The summed E-state index contributed by atoms with van der Waals surface area (Å²) in [5.74, 6) is 0.146. The Hall–Kier alpha value is -3.48. The predicted molar refractivity (Wildman–Crippen MR) is 107 cm³/mol. The van der Waals surface area contributed by atoms with Crippen molar-refractivity contribution in [3.05, 3.63) is 66.5 Å². The number of carbonyl (C=O) groups is 2. The van der Waals surface area contributed by atoms with E-state index >= 15 is 0 Å². The number of benzene rings is 2. The second-order valence-corrected chi connectivity index (χ2v) is 6.57. The Kier molecular flexibility index (Phi) is 6.16. The smallest absolute Gasteiger partial charge is 0.291 e. The second kappa shape index (κ2) is 8.94. The molecule has 28 heavy (non-hydrogen) atoms. The lowest BCUT2D eigenvalue weighted by Crippen LogP contribution is -2.36. The number of nitrogens with zero attached hydrogens (tertiary/aromatic N) is 3. The van der Waals surface area contributed by atoms with Crippen LogP contribution < -0.4 is 10.6 Å². The van der Waals surface area contributed by atoms with Crippen LogP contribution in [0.15, 0.2) is 60.7 Å². The van der Waals surface area contributed by atoms with E-state index in [1.807, 2.05) is 74.5 Å². The van der Waals surface area contributed by atoms with Gasteiger partial charge in [-0.05, 0) is 12.1 Å². The van der Waals surface area contributed by atoms with Crippen LogP contribution in [0.25, 0.3) is 17.1 Å². The summed E-state index contributed by atoms with van der Waals surface area (Å²) in [5.41, 5.74) is 1.68. The fourth-order valence-corrected chi connectivity index (χ4v) is 2.58. The molecule has 1 aromatic heterocycles. The minimum absolute atomic E-state index is 0.0490. The van der Waals surface area contributed by atoms with Crippen LogP contribution in [-0.2, 0) is 4.79 Å². The summed E-state index contributed by atoms with van der Waals surface area (Å²) in [6.45, 7) is 4.30. The van der Waals surface area contributed by atoms with Gasteiger partial charge >= 0.3 is 0 Å². The molecule has 2 amide bonds. The molecule has 0 aliphatic heterocycles. The lowest BCUT2D eigenvalue weighted by atomic mass is 10.2. The predicted octanol–water partition coefficient (Wildman–Crippen LogP) is 2.44. The van der Waals surface area contributed by atoms with Crippen LogP contribution >= 0.6 is 0 Å². The van der Waals surface area contributed by atoms with E-state index in [0.717, 1.165) is 11.3 Å². The number of carbonyl (C=O) groups excluding carboxylic acids is 2. The van der Waals surface area contributed by atoms with Gasteiger partial charge in [0.25, 0.3) is 5.91 Å². The Morgan fingerprint density at radius 2 is 1.54 bits per heavy atom. The van der Waals surface area contributed by atoms with Crippen LogP contribution in [-0.4, -0.2) is 39.7 Å². The van der Waals surface area contributed by atoms with E-state index < -0.39 is 0 Å². The number of nitrogens with one attached hydrogen (secondary N) is 2. The normalized spacial score (nSPS) is 10.7. The molecule has 0 unspecified atom stereocenters. The molecule has 2 N–H and O–H groups in total. The third-order valence-electron chi connectivity index (χ3n) is 4.08. The highest BCUT2D eigenvalue weighted by molar-refractivity contribution is 5.91. The third-order valence-corrected chi connectivity index (χ3v) is 4.08. The van der Waals surface area contributed by atoms with Crippen molar-refractivity contribution >= 4 is 11.8 Å². The van der Waals surface area contributed by atoms with Crippen molar-refractivity contribution in [2.24, 2.45) is 5.92 Å². The first-order valence-electron chi connectivity index (χ1n) is 9.20. The molecule has 3 rings (SSSR count). The topological polar surface area (TPSA) is 88.9 Å². The van der Waals surface area contributed by atoms with Crippen LogP contribution in [0, 0.1) is 5.92 Å². The molecule has 0 bridgehead atoms. The summed E-state index contributed by atoms with van der Waals surface area (Å²) >= 11 is 0. The van der Waals surface area contributed by atoms with Crippen LogP contribution in [0.2, 0.25) is 0 Å². The Morgan fingerprint density at radius 1 is 0.929 bits per heavy atom. The lowest BCUT2D eigenvalue weighted by molar-refractivity contribution is -0.123. The standard InChI is InChI=1S/C21H23N5O2/c1-15(2)20(27)22-13-14-23-21(28)18-24-19(16-9-5-3-6-10-16)26(25-18)17-11-7-4-8-12-17/h3-12,15H,13-14H2,1-2H3,(H,22,27)(H,23,28). The van der Waals surface area contributed by atoms with Crippen LogP contribution in [0.5, 0.6) is 0 Å². The van der Waals surface area contributed by atoms with Gasteiger partial charge in [-0.1, -0.05) is 62.4 Å². The zero-order valence-electron chi connectivity index (χ0n) is 15.9. The monoisotopic (exact) mass is 377 g/mol. The number of amides is 2. The van der Waals surface area contributed by atoms with Crippen molar-refractivity contribution in [1.82, 2.24) is 25.4 Å². The highest BCUT2D eigenvalue weighted by Gasteiger charge is 2.18. The molecule has 0 saturated carbocycles. The Labute approximate surface area is 163 Å². The highest BCUT2D eigenvalue weighted by Crippen LogP contribution is 2.20. The summed E-state index contributed by atoms with van der Waals surface area (Å²) in [5, 5.41) is 9.91. The van der Waals surface area contributed by atoms with E-state index in [4.69, 9.17) is 0 Å². The van der Waals surface area contributed by atoms with Gasteiger partial charge in [0, 0.05) is 24.6 Å². The zero-order valence-corrected chi connectivity index (χ0v) is 15.9. The summed E-state index contributed by atoms with van der Waals surface area (Å²) in [6, 6.07) is 19.1. The Bertz CT molecular complexity index is 879. The number of hydrogen-bond acceptors (Lipinski definition) is 4. The minimum atomic E-state index is -0.384. The minimum Gasteiger partial charge on any atom is -0.354 e. The number of para-hydroxylation sites is 1. The van der Waals surface area contributed by atoms with E-state index in [1.165, 1.54) is 0 Å². The molecule has 7 nitrogen and oxygen atoms in total. The molecular formula is C21H23N5O2. The van der Waals surface area contributed by atoms with Gasteiger partial charge in [-0.15, -0.1) is 5.10 Å². The Morgan fingerprint density at radius 3 is 2.18 bits per heavy atom. The second-order valence-electron chi connectivity index (χ2n) is 6.57. The molecule has 0 atom stereocenters. The first kappa shape index (κ1) is 19.3. The van der Waals surface area contributed by atoms with Gasteiger partial charge in [0.2, 0.25) is 11.7 Å². The molecule has 0 aliphatic rings. The molecule has 0 saturated heterocycles. The molecule has 2 aromatic carbocycles. The lowest BCUT2D eigenvalue weighted by Gasteiger charge is -2.07. The molecule has 0 aliphatic carbocycles. The van der Waals surface area contributed by atoms with Crippen LogP contribution in [0.3, 0.4) is 0 Å². The molecular weight excluding hydrogens is 354 g/mol. The molecule has 3 aromatic rings. The van der Waals surface area contributed by atoms with Gasteiger partial charge in [0.15, 0.2) is 5.82 Å². The van der Waals surface area contributed by atoms with Crippen molar-refractivity contribution in [2.75, 3.05) is 13.1 Å². The Balaban J connectivity index is 1.78. The number of rotatable bonds is 7. The maximum Gasteiger partial charge on any atom is 0.291 e. The highest BCUT2D eigenvalue weighted by atomic mass is 16.2. The molecule has 1 heterocycles. The van der Waals surface area contributed by atoms with E-state index in [9.17, 15) is 9.59 Å². The van der Waals surface area contributed by atoms with Crippen molar-refractivity contribution in [3.8, 4) is 17.1 Å². The fraction of sp³-hybridized carbons (Fsp3) is 0.238. The SMILES string of the molecule is CC(C)C(=O)NCCNC(=O)c1nc(-c2ccccc2)n(-c2ccccc2)n1. The maximum absolute atomic E-state index is 12.5. The van der Waals surface area contributed by atoms with Crippen molar-refractivity contribution in [3.63, 3.8) is 0 Å². The zero-order chi connectivity index (χ0) is 19.9. The van der Waals surface area contributed by atoms with Gasteiger partial charge in [-0.3, -0.25) is 9.59 Å². The number of aromatic nitrogens is 3. The average molecular weight is 377 g/mol. The van der Waals surface area contributed by atoms with Crippen molar-refractivity contribution in [2.45, 2.75) is 13.8 Å². The van der Waals surface area contributed by atoms with Crippen molar-refractivity contribution in [1.29, 1.82) is 0 Å². The molecule has 0 radical (unpaired) electrons. The van der Waals surface area contributed by atoms with Gasteiger partial charge in [-0.2, -0.15) is 0 Å². The van der Waals surface area contributed by atoms with Crippen molar-refractivity contribution < 1.29 is 9.59 Å². The fourth-order valence-electron chi connectivity index (χ4n) is 2.58. The number of hydrogen-bond donors (Lipinski definition) is 2.